The first-order valence-corrected chi connectivity index (χ1v) is 6.62. The van der Waals surface area contributed by atoms with Gasteiger partial charge in [-0.3, -0.25) is 4.79 Å². The Hall–Kier alpha value is -2.89. The van der Waals surface area contributed by atoms with Crippen LogP contribution in [0.25, 0.3) is 0 Å². The zero-order valence-electron chi connectivity index (χ0n) is 11.7. The van der Waals surface area contributed by atoms with Crippen LogP contribution in [0.15, 0.2) is 30.3 Å². The third-order valence-corrected chi connectivity index (χ3v) is 3.57. The number of carbonyl (C=O) groups excluding carboxylic acids is 1. The molecular weight excluding hydrogens is 288 g/mol. The minimum atomic E-state index is -0.702. The number of ketones is 1. The van der Waals surface area contributed by atoms with Gasteiger partial charge in [-0.25, -0.2) is 0 Å². The van der Waals surface area contributed by atoms with Crippen molar-refractivity contribution in [3.63, 3.8) is 0 Å². The molecule has 0 aromatic heterocycles. The van der Waals surface area contributed by atoms with Crippen molar-refractivity contribution in [3.8, 4) is 28.7 Å². The van der Waals surface area contributed by atoms with Crippen LogP contribution in [0.1, 0.15) is 28.4 Å². The number of hydrogen-bond donors (Lipinski definition) is 3. The van der Waals surface area contributed by atoms with E-state index in [-0.39, 0.29) is 40.8 Å². The third kappa shape index (κ3) is 2.28. The van der Waals surface area contributed by atoms with Gasteiger partial charge in [-0.15, -0.1) is 0 Å². The van der Waals surface area contributed by atoms with Gasteiger partial charge in [0.05, 0.1) is 13.5 Å². The molecule has 6 heteroatoms. The Morgan fingerprint density at radius 3 is 2.59 bits per heavy atom. The predicted octanol–water partition coefficient (Wildman–Crippen LogP) is 2.52. The zero-order chi connectivity index (χ0) is 15.9. The van der Waals surface area contributed by atoms with Crippen LogP contribution in [-0.2, 0) is 0 Å². The highest BCUT2D eigenvalue weighted by Crippen LogP contribution is 2.43. The molecule has 0 amide bonds. The topological polar surface area (TPSA) is 96.2 Å². The Morgan fingerprint density at radius 1 is 1.14 bits per heavy atom. The van der Waals surface area contributed by atoms with Gasteiger partial charge < -0.3 is 24.8 Å². The largest absolute Gasteiger partial charge is 0.508 e. The lowest BCUT2D eigenvalue weighted by Gasteiger charge is -2.26. The van der Waals surface area contributed by atoms with Crippen molar-refractivity contribution in [1.82, 2.24) is 0 Å². The fourth-order valence-corrected chi connectivity index (χ4v) is 2.51. The van der Waals surface area contributed by atoms with Crippen LogP contribution >= 0.6 is 0 Å². The van der Waals surface area contributed by atoms with E-state index in [2.05, 4.69) is 0 Å². The smallest absolute Gasteiger partial charge is 0.174 e. The molecule has 1 atom stereocenters. The number of methoxy groups -OCH3 is 1. The van der Waals surface area contributed by atoms with E-state index >= 15 is 0 Å². The van der Waals surface area contributed by atoms with Gasteiger partial charge in [0.15, 0.2) is 5.78 Å². The van der Waals surface area contributed by atoms with Crippen molar-refractivity contribution in [3.05, 3.63) is 41.5 Å². The van der Waals surface area contributed by atoms with Crippen LogP contribution in [0.2, 0.25) is 0 Å². The summed E-state index contributed by atoms with van der Waals surface area (Å²) >= 11 is 0. The van der Waals surface area contributed by atoms with Gasteiger partial charge in [-0.2, -0.15) is 0 Å². The van der Waals surface area contributed by atoms with Crippen LogP contribution in [0.3, 0.4) is 0 Å². The molecule has 1 aliphatic heterocycles. The molecule has 3 rings (SSSR count). The van der Waals surface area contributed by atoms with Crippen LogP contribution in [0.5, 0.6) is 28.7 Å². The Kier molecular flexibility index (Phi) is 3.29. The normalized spacial score (nSPS) is 16.8. The highest BCUT2D eigenvalue weighted by molar-refractivity contribution is 6.02. The molecular formula is C16H14O6. The average Bonchev–Trinajstić information content (AvgIpc) is 2.46. The minimum Gasteiger partial charge on any atom is -0.508 e. The molecule has 2 aromatic carbocycles. The highest BCUT2D eigenvalue weighted by atomic mass is 16.5. The van der Waals surface area contributed by atoms with Crippen LogP contribution in [-0.4, -0.2) is 28.2 Å². The molecule has 0 saturated heterocycles. The predicted molar refractivity (Wildman–Crippen MR) is 76.7 cm³/mol. The van der Waals surface area contributed by atoms with Crippen LogP contribution in [0.4, 0.5) is 0 Å². The summed E-state index contributed by atoms with van der Waals surface area (Å²) in [5.74, 6) is -0.173. The van der Waals surface area contributed by atoms with E-state index in [1.165, 1.54) is 37.4 Å². The van der Waals surface area contributed by atoms with Gasteiger partial charge in [0, 0.05) is 23.8 Å². The molecule has 1 aliphatic rings. The second-order valence-corrected chi connectivity index (χ2v) is 5.00. The summed E-state index contributed by atoms with van der Waals surface area (Å²) in [6.45, 7) is 0. The van der Waals surface area contributed by atoms with E-state index in [4.69, 9.17) is 9.47 Å². The quantitative estimate of drug-likeness (QED) is 0.789. The number of Topliss-reactive ketones (excluding diaryl/α,β-unsaturated/α-hetero) is 1. The third-order valence-electron chi connectivity index (χ3n) is 3.57. The first kappa shape index (κ1) is 14.1. The second-order valence-electron chi connectivity index (χ2n) is 5.00. The molecule has 6 nitrogen and oxygen atoms in total. The van der Waals surface area contributed by atoms with Gasteiger partial charge in [0.2, 0.25) is 0 Å². The molecule has 0 bridgehead atoms. The Labute approximate surface area is 126 Å². The number of aromatic hydroxyl groups is 3. The number of phenols is 3. The average molecular weight is 302 g/mol. The van der Waals surface area contributed by atoms with E-state index < -0.39 is 6.10 Å². The van der Waals surface area contributed by atoms with E-state index in [1.54, 1.807) is 0 Å². The molecule has 0 fully saturated rings. The Bertz CT molecular complexity index is 753. The number of phenolic OH excluding ortho intramolecular Hbond substituents is 3. The Morgan fingerprint density at radius 2 is 1.91 bits per heavy atom. The van der Waals surface area contributed by atoms with Gasteiger partial charge in [-0.05, 0) is 12.1 Å². The molecule has 3 N–H and O–H groups in total. The van der Waals surface area contributed by atoms with E-state index in [9.17, 15) is 20.1 Å². The second kappa shape index (κ2) is 5.14. The van der Waals surface area contributed by atoms with E-state index in [0.29, 0.717) is 11.3 Å². The molecule has 1 unspecified atom stereocenters. The monoisotopic (exact) mass is 302 g/mol. The van der Waals surface area contributed by atoms with E-state index in [1.807, 2.05) is 0 Å². The van der Waals surface area contributed by atoms with Gasteiger partial charge >= 0.3 is 0 Å². The lowest BCUT2D eigenvalue weighted by molar-refractivity contribution is 0.0842. The first-order valence-electron chi connectivity index (χ1n) is 6.62. The molecule has 1 heterocycles. The number of benzene rings is 2. The molecule has 2 aromatic rings. The summed E-state index contributed by atoms with van der Waals surface area (Å²) in [5.41, 5.74) is 0.495. The highest BCUT2D eigenvalue weighted by Gasteiger charge is 2.32. The summed E-state index contributed by atoms with van der Waals surface area (Å²) in [6.07, 6.45) is -0.724. The maximum atomic E-state index is 12.3. The summed E-state index contributed by atoms with van der Waals surface area (Å²) < 4.78 is 10.8. The first-order chi connectivity index (χ1) is 10.5. The van der Waals surface area contributed by atoms with Gasteiger partial charge in [-0.1, -0.05) is 0 Å². The van der Waals surface area contributed by atoms with E-state index in [0.717, 1.165) is 0 Å². The lowest BCUT2D eigenvalue weighted by atomic mass is 9.95. The molecule has 0 spiro atoms. The van der Waals surface area contributed by atoms with Crippen molar-refractivity contribution in [2.45, 2.75) is 12.5 Å². The number of ether oxygens (including phenoxy) is 2. The maximum Gasteiger partial charge on any atom is 0.174 e. The van der Waals surface area contributed by atoms with Gasteiger partial charge in [0.25, 0.3) is 0 Å². The number of fused-ring (bicyclic) bond motifs is 1. The fourth-order valence-electron chi connectivity index (χ4n) is 2.51. The van der Waals surface area contributed by atoms with Crippen molar-refractivity contribution >= 4 is 5.78 Å². The number of rotatable bonds is 2. The zero-order valence-corrected chi connectivity index (χ0v) is 11.7. The summed E-state index contributed by atoms with van der Waals surface area (Å²) in [7, 11) is 1.44. The number of hydrogen-bond acceptors (Lipinski definition) is 6. The van der Waals surface area contributed by atoms with Crippen LogP contribution in [0, 0.1) is 0 Å². The fraction of sp³-hybridized carbons (Fsp3) is 0.188. The summed E-state index contributed by atoms with van der Waals surface area (Å²) in [4.78, 5) is 12.3. The Balaban J connectivity index is 2.03. The van der Waals surface area contributed by atoms with Crippen molar-refractivity contribution in [2.75, 3.05) is 7.11 Å². The maximum absolute atomic E-state index is 12.3. The van der Waals surface area contributed by atoms with Gasteiger partial charge in [0.1, 0.15) is 40.4 Å². The molecule has 0 saturated carbocycles. The minimum absolute atomic E-state index is 0.0226. The number of carbonyl (C=O) groups is 1. The molecule has 114 valence electrons. The lowest BCUT2D eigenvalue weighted by Crippen LogP contribution is -2.20. The standard InChI is InChI=1S/C16H14O6/c1-21-9-5-12(19)16-13(20)7-14(22-15(16)6-9)10-3-2-8(17)4-11(10)18/h2-6,14,17-19H,7H2,1H3. The van der Waals surface area contributed by atoms with Crippen molar-refractivity contribution in [1.29, 1.82) is 0 Å². The summed E-state index contributed by atoms with van der Waals surface area (Å²) in [5, 5.41) is 29.2. The SMILES string of the molecule is COc1cc(O)c2c(c1)OC(c1ccc(O)cc1O)CC2=O. The van der Waals surface area contributed by atoms with Crippen LogP contribution < -0.4 is 9.47 Å². The van der Waals surface area contributed by atoms with Crippen molar-refractivity contribution < 1.29 is 29.6 Å². The molecule has 0 radical (unpaired) electrons. The van der Waals surface area contributed by atoms with Crippen molar-refractivity contribution in [2.24, 2.45) is 0 Å². The molecule has 22 heavy (non-hydrogen) atoms. The molecule has 0 aliphatic carbocycles. The summed E-state index contributed by atoms with van der Waals surface area (Å²) in [6, 6.07) is 6.94.